The molecule has 0 aliphatic heterocycles. The average molecular weight is 369 g/mol. The SMILES string of the molecule is CCCCCCCCC(C[N+](C)(C)C)C(C)=O.[I-]. The summed E-state index contributed by atoms with van der Waals surface area (Å²) >= 11 is 0. The third-order valence-corrected chi connectivity index (χ3v) is 3.25. The Labute approximate surface area is 131 Å². The van der Waals surface area contributed by atoms with Crippen molar-refractivity contribution in [1.29, 1.82) is 0 Å². The Hall–Kier alpha value is 0.360. The van der Waals surface area contributed by atoms with Crippen LogP contribution in [0.3, 0.4) is 0 Å². The van der Waals surface area contributed by atoms with Gasteiger partial charge in [-0.3, -0.25) is 4.79 Å². The molecule has 2 nitrogen and oxygen atoms in total. The highest BCUT2D eigenvalue weighted by molar-refractivity contribution is 5.78. The molecule has 0 aromatic rings. The van der Waals surface area contributed by atoms with E-state index < -0.39 is 0 Å². The molecule has 1 unspecified atom stereocenters. The molecule has 0 heterocycles. The molecule has 0 aromatic heterocycles. The zero-order chi connectivity index (χ0) is 13.3. The van der Waals surface area contributed by atoms with E-state index >= 15 is 0 Å². The molecule has 0 N–H and O–H groups in total. The molecule has 0 bridgehead atoms. The van der Waals surface area contributed by atoms with Crippen LogP contribution in [-0.4, -0.2) is 38.0 Å². The number of carbonyl (C=O) groups excluding carboxylic acids is 1. The van der Waals surface area contributed by atoms with Crippen molar-refractivity contribution in [2.24, 2.45) is 5.92 Å². The van der Waals surface area contributed by atoms with Gasteiger partial charge in [0.2, 0.25) is 0 Å². The first kappa shape index (κ1) is 20.7. The van der Waals surface area contributed by atoms with E-state index in [2.05, 4.69) is 28.1 Å². The Kier molecular flexibility index (Phi) is 12.9. The van der Waals surface area contributed by atoms with Crippen LogP contribution in [0.4, 0.5) is 0 Å². The van der Waals surface area contributed by atoms with Gasteiger partial charge < -0.3 is 28.5 Å². The van der Waals surface area contributed by atoms with E-state index in [-0.39, 0.29) is 29.9 Å². The molecule has 3 heteroatoms. The second kappa shape index (κ2) is 11.2. The predicted molar refractivity (Wildman–Crippen MR) is 75.1 cm³/mol. The first-order valence-corrected chi connectivity index (χ1v) is 7.17. The molecule has 18 heavy (non-hydrogen) atoms. The zero-order valence-electron chi connectivity index (χ0n) is 13.0. The molecule has 1 atom stereocenters. The van der Waals surface area contributed by atoms with E-state index in [0.717, 1.165) is 17.4 Å². The number of hydrogen-bond donors (Lipinski definition) is 0. The van der Waals surface area contributed by atoms with Crippen LogP contribution in [-0.2, 0) is 4.79 Å². The van der Waals surface area contributed by atoms with Crippen molar-refractivity contribution in [3.05, 3.63) is 0 Å². The van der Waals surface area contributed by atoms with E-state index in [4.69, 9.17) is 0 Å². The molecule has 0 fully saturated rings. The van der Waals surface area contributed by atoms with E-state index in [1.54, 1.807) is 6.92 Å². The fourth-order valence-corrected chi connectivity index (χ4v) is 2.26. The van der Waals surface area contributed by atoms with Crippen LogP contribution in [0, 0.1) is 5.92 Å². The van der Waals surface area contributed by atoms with Crippen LogP contribution in [0.25, 0.3) is 0 Å². The van der Waals surface area contributed by atoms with Crippen LogP contribution in [0.2, 0.25) is 0 Å². The molecule has 0 aliphatic carbocycles. The summed E-state index contributed by atoms with van der Waals surface area (Å²) in [6.45, 7) is 4.97. The lowest BCUT2D eigenvalue weighted by molar-refractivity contribution is -0.872. The Bertz CT molecular complexity index is 211. The van der Waals surface area contributed by atoms with Gasteiger partial charge >= 0.3 is 0 Å². The van der Waals surface area contributed by atoms with Gasteiger partial charge in [0.25, 0.3) is 0 Å². The number of unbranched alkanes of at least 4 members (excludes halogenated alkanes) is 5. The van der Waals surface area contributed by atoms with Gasteiger partial charge in [0.15, 0.2) is 0 Å². The maximum Gasteiger partial charge on any atom is 0.138 e. The summed E-state index contributed by atoms with van der Waals surface area (Å²) in [6, 6.07) is 0. The van der Waals surface area contributed by atoms with Gasteiger partial charge in [0.1, 0.15) is 5.78 Å². The van der Waals surface area contributed by atoms with Crippen LogP contribution in [0.15, 0.2) is 0 Å². The molecule has 0 spiro atoms. The summed E-state index contributed by atoms with van der Waals surface area (Å²) in [5.41, 5.74) is 0. The number of Topliss-reactive ketones (excluding diaryl/α,β-unsaturated/α-hetero) is 1. The van der Waals surface area contributed by atoms with Crippen molar-refractivity contribution in [3.63, 3.8) is 0 Å². The van der Waals surface area contributed by atoms with Crippen molar-refractivity contribution < 1.29 is 33.3 Å². The number of rotatable bonds is 10. The van der Waals surface area contributed by atoms with E-state index in [9.17, 15) is 4.79 Å². The largest absolute Gasteiger partial charge is 1.00 e. The monoisotopic (exact) mass is 369 g/mol. The van der Waals surface area contributed by atoms with Gasteiger partial charge in [0.05, 0.1) is 33.6 Å². The number of nitrogens with zero attached hydrogens (tertiary/aromatic N) is 1. The maximum absolute atomic E-state index is 11.6. The minimum absolute atomic E-state index is 0. The Morgan fingerprint density at radius 2 is 1.50 bits per heavy atom. The van der Waals surface area contributed by atoms with Gasteiger partial charge in [-0.2, -0.15) is 0 Å². The van der Waals surface area contributed by atoms with Crippen LogP contribution >= 0.6 is 0 Å². The highest BCUT2D eigenvalue weighted by atomic mass is 127. The fourth-order valence-electron chi connectivity index (χ4n) is 2.26. The molecule has 0 saturated heterocycles. The summed E-state index contributed by atoms with van der Waals surface area (Å²) in [6.07, 6.45) is 8.94. The van der Waals surface area contributed by atoms with Crippen molar-refractivity contribution in [2.45, 2.75) is 58.8 Å². The predicted octanol–water partition coefficient (Wildman–Crippen LogP) is 0.652. The second-order valence-electron chi connectivity index (χ2n) is 6.34. The van der Waals surface area contributed by atoms with Crippen LogP contribution in [0.1, 0.15) is 58.8 Å². The topological polar surface area (TPSA) is 17.1 Å². The third kappa shape index (κ3) is 12.8. The smallest absolute Gasteiger partial charge is 0.138 e. The van der Waals surface area contributed by atoms with Crippen molar-refractivity contribution in [3.8, 4) is 0 Å². The normalized spacial score (nSPS) is 12.9. The van der Waals surface area contributed by atoms with Gasteiger partial charge in [-0.05, 0) is 13.3 Å². The standard InChI is InChI=1S/C15H32NO.HI/c1-6-7-8-9-10-11-12-15(14(2)17)13-16(3,4)5;/h15H,6-13H2,1-5H3;1H/q+1;/p-1. The molecule has 0 saturated carbocycles. The summed E-state index contributed by atoms with van der Waals surface area (Å²) in [4.78, 5) is 11.6. The Balaban J connectivity index is 0. The lowest BCUT2D eigenvalue weighted by atomic mass is 9.96. The van der Waals surface area contributed by atoms with Crippen molar-refractivity contribution in [2.75, 3.05) is 27.7 Å². The van der Waals surface area contributed by atoms with E-state index in [1.807, 2.05) is 0 Å². The van der Waals surface area contributed by atoms with Crippen molar-refractivity contribution >= 4 is 5.78 Å². The minimum Gasteiger partial charge on any atom is -1.00 e. The van der Waals surface area contributed by atoms with Crippen molar-refractivity contribution in [1.82, 2.24) is 0 Å². The third-order valence-electron chi connectivity index (χ3n) is 3.25. The summed E-state index contributed by atoms with van der Waals surface area (Å²) in [5, 5.41) is 0. The average Bonchev–Trinajstić information content (AvgIpc) is 2.19. The fraction of sp³-hybridized carbons (Fsp3) is 0.933. The first-order valence-electron chi connectivity index (χ1n) is 7.17. The summed E-state index contributed by atoms with van der Waals surface area (Å²) in [5.74, 6) is 0.632. The molecular weight excluding hydrogens is 337 g/mol. The molecule has 0 rings (SSSR count). The second-order valence-corrected chi connectivity index (χ2v) is 6.34. The van der Waals surface area contributed by atoms with Gasteiger partial charge in [-0.25, -0.2) is 0 Å². The van der Waals surface area contributed by atoms with Gasteiger partial charge in [-0.1, -0.05) is 45.4 Å². The molecule has 0 amide bonds. The summed E-state index contributed by atoms with van der Waals surface area (Å²) < 4.78 is 0.889. The van der Waals surface area contributed by atoms with E-state index in [1.165, 1.54) is 38.5 Å². The first-order chi connectivity index (χ1) is 7.87. The van der Waals surface area contributed by atoms with Gasteiger partial charge in [-0.15, -0.1) is 0 Å². The number of ketones is 1. The zero-order valence-corrected chi connectivity index (χ0v) is 15.1. The number of quaternary nitrogens is 1. The molecule has 0 aliphatic rings. The number of hydrogen-bond acceptors (Lipinski definition) is 1. The molecule has 0 radical (unpaired) electrons. The molecule has 0 aromatic carbocycles. The minimum atomic E-state index is 0. The van der Waals surface area contributed by atoms with Gasteiger partial charge in [0, 0.05) is 0 Å². The van der Waals surface area contributed by atoms with Crippen LogP contribution in [0.5, 0.6) is 0 Å². The Morgan fingerprint density at radius 3 is 1.94 bits per heavy atom. The lowest BCUT2D eigenvalue weighted by Crippen LogP contribution is -3.00. The number of halogens is 1. The lowest BCUT2D eigenvalue weighted by Gasteiger charge is -2.28. The quantitative estimate of drug-likeness (QED) is 0.314. The van der Waals surface area contributed by atoms with E-state index in [0.29, 0.717) is 5.78 Å². The maximum atomic E-state index is 11.6. The Morgan fingerprint density at radius 1 is 1.00 bits per heavy atom. The molecular formula is C15H32INO. The number of carbonyl (C=O) groups is 1. The summed E-state index contributed by atoms with van der Waals surface area (Å²) in [7, 11) is 6.49. The molecule has 110 valence electrons. The van der Waals surface area contributed by atoms with Crippen LogP contribution < -0.4 is 24.0 Å². The highest BCUT2D eigenvalue weighted by Gasteiger charge is 2.21. The highest BCUT2D eigenvalue weighted by Crippen LogP contribution is 2.15.